The molecule has 1 aliphatic heterocycles. The van der Waals surface area contributed by atoms with Crippen molar-refractivity contribution in [3.05, 3.63) is 42.3 Å². The molecule has 2 aromatic rings. The summed E-state index contributed by atoms with van der Waals surface area (Å²) in [6.07, 6.45) is 3.17. The Morgan fingerprint density at radius 2 is 2.12 bits per heavy atom. The van der Waals surface area contributed by atoms with Gasteiger partial charge in [0.15, 0.2) is 5.96 Å². The van der Waals surface area contributed by atoms with Crippen LogP contribution in [0, 0.1) is 11.3 Å². The summed E-state index contributed by atoms with van der Waals surface area (Å²) in [5, 5.41) is 6.92. The number of hydrogen-bond acceptors (Lipinski definition) is 4. The molecule has 1 saturated carbocycles. The van der Waals surface area contributed by atoms with Crippen LogP contribution in [0.3, 0.4) is 0 Å². The molecule has 1 aromatic carbocycles. The minimum atomic E-state index is 0.118. The zero-order valence-electron chi connectivity index (χ0n) is 15.5. The number of rotatable bonds is 4. The van der Waals surface area contributed by atoms with Crippen LogP contribution in [0.1, 0.15) is 26.0 Å². The second-order valence-electron chi connectivity index (χ2n) is 7.62. The summed E-state index contributed by atoms with van der Waals surface area (Å²) in [5.74, 6) is 1.99. The molecular formula is C20H26N4O2. The van der Waals surface area contributed by atoms with E-state index in [-0.39, 0.29) is 5.41 Å². The SMILES string of the molecule is CN=C(NCc1coc(-c2ccccc2)n1)NC1C2CCOC2C1(C)C. The van der Waals surface area contributed by atoms with Gasteiger partial charge in [-0.15, -0.1) is 0 Å². The Kier molecular flexibility index (Phi) is 4.44. The van der Waals surface area contributed by atoms with Crippen LogP contribution in [0.4, 0.5) is 0 Å². The van der Waals surface area contributed by atoms with E-state index in [4.69, 9.17) is 9.15 Å². The van der Waals surface area contributed by atoms with E-state index in [1.807, 2.05) is 30.3 Å². The molecule has 6 nitrogen and oxygen atoms in total. The molecule has 0 bridgehead atoms. The second-order valence-corrected chi connectivity index (χ2v) is 7.62. The maximum absolute atomic E-state index is 5.86. The molecule has 2 aliphatic rings. The maximum atomic E-state index is 5.86. The quantitative estimate of drug-likeness (QED) is 0.653. The Morgan fingerprint density at radius 1 is 1.31 bits per heavy atom. The molecule has 0 radical (unpaired) electrons. The summed E-state index contributed by atoms with van der Waals surface area (Å²) < 4.78 is 11.5. The van der Waals surface area contributed by atoms with Crippen LogP contribution < -0.4 is 10.6 Å². The molecule has 3 unspecified atom stereocenters. The first-order chi connectivity index (χ1) is 12.6. The number of nitrogens with one attached hydrogen (secondary N) is 2. The summed E-state index contributed by atoms with van der Waals surface area (Å²) in [5.41, 5.74) is 1.94. The van der Waals surface area contributed by atoms with Gasteiger partial charge in [-0.3, -0.25) is 4.99 Å². The first kappa shape index (κ1) is 17.1. The van der Waals surface area contributed by atoms with Crippen LogP contribution in [0.15, 0.2) is 46.0 Å². The fraction of sp³-hybridized carbons (Fsp3) is 0.500. The van der Waals surface area contributed by atoms with Gasteiger partial charge in [-0.1, -0.05) is 32.0 Å². The van der Waals surface area contributed by atoms with Crippen molar-refractivity contribution in [2.24, 2.45) is 16.3 Å². The van der Waals surface area contributed by atoms with E-state index in [0.29, 0.717) is 30.5 Å². The van der Waals surface area contributed by atoms with Gasteiger partial charge in [0, 0.05) is 36.6 Å². The third-order valence-electron chi connectivity index (χ3n) is 5.63. The van der Waals surface area contributed by atoms with Gasteiger partial charge in [0.2, 0.25) is 5.89 Å². The van der Waals surface area contributed by atoms with Gasteiger partial charge in [0.25, 0.3) is 0 Å². The van der Waals surface area contributed by atoms with Crippen molar-refractivity contribution in [2.45, 2.75) is 39.0 Å². The normalized spacial score (nSPS) is 26.9. The van der Waals surface area contributed by atoms with Gasteiger partial charge < -0.3 is 19.8 Å². The molecule has 0 amide bonds. The minimum Gasteiger partial charge on any atom is -0.444 e. The molecular weight excluding hydrogens is 328 g/mol. The molecule has 26 heavy (non-hydrogen) atoms. The average Bonchev–Trinajstić information content (AvgIpc) is 3.31. The van der Waals surface area contributed by atoms with E-state index in [0.717, 1.165) is 30.2 Å². The molecule has 2 fully saturated rings. The van der Waals surface area contributed by atoms with Crippen LogP contribution >= 0.6 is 0 Å². The number of hydrogen-bond donors (Lipinski definition) is 2. The highest BCUT2D eigenvalue weighted by Gasteiger charge is 2.59. The first-order valence-corrected chi connectivity index (χ1v) is 9.18. The summed E-state index contributed by atoms with van der Waals surface area (Å²) >= 11 is 0. The molecule has 6 heteroatoms. The van der Waals surface area contributed by atoms with Crippen molar-refractivity contribution in [3.63, 3.8) is 0 Å². The number of ether oxygens (including phenoxy) is 1. The second kappa shape index (κ2) is 6.76. The highest BCUT2D eigenvalue weighted by Crippen LogP contribution is 2.52. The number of fused-ring (bicyclic) bond motifs is 1. The summed E-state index contributed by atoms with van der Waals surface area (Å²) in [4.78, 5) is 8.91. The predicted molar refractivity (Wildman–Crippen MR) is 101 cm³/mol. The van der Waals surface area contributed by atoms with Crippen molar-refractivity contribution < 1.29 is 9.15 Å². The van der Waals surface area contributed by atoms with E-state index < -0.39 is 0 Å². The first-order valence-electron chi connectivity index (χ1n) is 9.18. The molecule has 2 heterocycles. The Morgan fingerprint density at radius 3 is 2.88 bits per heavy atom. The van der Waals surface area contributed by atoms with E-state index in [2.05, 4.69) is 34.5 Å². The maximum Gasteiger partial charge on any atom is 0.226 e. The van der Waals surface area contributed by atoms with Crippen LogP contribution in [-0.4, -0.2) is 36.7 Å². The molecule has 2 N–H and O–H groups in total. The van der Waals surface area contributed by atoms with Gasteiger partial charge in [-0.2, -0.15) is 0 Å². The topological polar surface area (TPSA) is 71.7 Å². The number of aromatic nitrogens is 1. The van der Waals surface area contributed by atoms with Crippen LogP contribution in [0.5, 0.6) is 0 Å². The van der Waals surface area contributed by atoms with Gasteiger partial charge >= 0.3 is 0 Å². The third kappa shape index (κ3) is 2.98. The molecule has 0 spiro atoms. The number of nitrogens with zero attached hydrogens (tertiary/aromatic N) is 2. The van der Waals surface area contributed by atoms with Crippen LogP contribution in [0.25, 0.3) is 11.5 Å². The summed E-state index contributed by atoms with van der Waals surface area (Å²) in [6.45, 7) is 5.94. The van der Waals surface area contributed by atoms with Crippen molar-refractivity contribution in [2.75, 3.05) is 13.7 Å². The van der Waals surface area contributed by atoms with Crippen molar-refractivity contribution in [3.8, 4) is 11.5 Å². The molecule has 4 rings (SSSR count). The van der Waals surface area contributed by atoms with E-state index in [1.165, 1.54) is 0 Å². The summed E-state index contributed by atoms with van der Waals surface area (Å²) in [6, 6.07) is 10.3. The predicted octanol–water partition coefficient (Wildman–Crippen LogP) is 2.82. The molecule has 1 saturated heterocycles. The number of aliphatic imine (C=N–C) groups is 1. The van der Waals surface area contributed by atoms with Crippen molar-refractivity contribution >= 4 is 5.96 Å². The minimum absolute atomic E-state index is 0.118. The van der Waals surface area contributed by atoms with Gasteiger partial charge in [-0.25, -0.2) is 4.98 Å². The lowest BCUT2D eigenvalue weighted by molar-refractivity contribution is -0.106. The summed E-state index contributed by atoms with van der Waals surface area (Å²) in [7, 11) is 1.79. The fourth-order valence-electron chi connectivity index (χ4n) is 4.23. The van der Waals surface area contributed by atoms with E-state index >= 15 is 0 Å². The van der Waals surface area contributed by atoms with E-state index in [9.17, 15) is 0 Å². The van der Waals surface area contributed by atoms with Gasteiger partial charge in [-0.05, 0) is 18.6 Å². The smallest absolute Gasteiger partial charge is 0.226 e. The Labute approximate surface area is 154 Å². The van der Waals surface area contributed by atoms with Gasteiger partial charge in [0.05, 0.1) is 18.3 Å². The number of oxazole rings is 1. The van der Waals surface area contributed by atoms with Crippen molar-refractivity contribution in [1.29, 1.82) is 0 Å². The third-order valence-corrected chi connectivity index (χ3v) is 5.63. The highest BCUT2D eigenvalue weighted by molar-refractivity contribution is 5.80. The molecule has 1 aliphatic carbocycles. The molecule has 3 atom stereocenters. The standard InChI is InChI=1S/C20H26N4O2/c1-20(2)16(15-9-10-25-17(15)20)24-19(21-3)22-11-14-12-26-18(23-14)13-7-5-4-6-8-13/h4-8,12,15-17H,9-11H2,1-3H3,(H2,21,22,24). The molecule has 138 valence electrons. The number of guanidine groups is 1. The zero-order chi connectivity index (χ0) is 18.1. The lowest BCUT2D eigenvalue weighted by atomic mass is 9.57. The van der Waals surface area contributed by atoms with Crippen molar-refractivity contribution in [1.82, 2.24) is 15.6 Å². The Balaban J connectivity index is 1.36. The van der Waals surface area contributed by atoms with Gasteiger partial charge in [0.1, 0.15) is 6.26 Å². The largest absolute Gasteiger partial charge is 0.444 e. The zero-order valence-corrected chi connectivity index (χ0v) is 15.5. The lowest BCUT2D eigenvalue weighted by Gasteiger charge is -2.54. The Hall–Kier alpha value is -2.34. The fourth-order valence-corrected chi connectivity index (χ4v) is 4.23. The molecule has 1 aromatic heterocycles. The highest BCUT2D eigenvalue weighted by atomic mass is 16.5. The van der Waals surface area contributed by atoms with E-state index in [1.54, 1.807) is 13.3 Å². The van der Waals surface area contributed by atoms with Crippen LogP contribution in [0.2, 0.25) is 0 Å². The average molecular weight is 354 g/mol. The van der Waals surface area contributed by atoms with Crippen LogP contribution in [-0.2, 0) is 11.3 Å². The number of benzene rings is 1. The Bertz CT molecular complexity index is 784. The lowest BCUT2D eigenvalue weighted by Crippen LogP contribution is -2.67. The monoisotopic (exact) mass is 354 g/mol.